The van der Waals surface area contributed by atoms with E-state index in [1.807, 2.05) is 20.2 Å². The van der Waals surface area contributed by atoms with Gasteiger partial charge >= 0.3 is 0 Å². The van der Waals surface area contributed by atoms with Crippen LogP contribution in [0.25, 0.3) is 0 Å². The SMILES string of the molecule is CN=C(NCc1cnc(C)s1)NCC(C(C)C)N1CCCCCC1. The molecule has 1 fully saturated rings. The van der Waals surface area contributed by atoms with Crippen LogP contribution in [0.5, 0.6) is 0 Å². The molecule has 0 aliphatic carbocycles. The van der Waals surface area contributed by atoms with Gasteiger partial charge in [-0.15, -0.1) is 11.3 Å². The summed E-state index contributed by atoms with van der Waals surface area (Å²) in [7, 11) is 1.84. The van der Waals surface area contributed by atoms with E-state index in [4.69, 9.17) is 0 Å². The number of nitrogens with zero attached hydrogens (tertiary/aromatic N) is 3. The van der Waals surface area contributed by atoms with Crippen molar-refractivity contribution in [3.63, 3.8) is 0 Å². The first-order chi connectivity index (χ1) is 11.6. The number of hydrogen-bond acceptors (Lipinski definition) is 4. The van der Waals surface area contributed by atoms with Gasteiger partial charge < -0.3 is 10.6 Å². The van der Waals surface area contributed by atoms with Crippen LogP contribution in [0.1, 0.15) is 49.4 Å². The number of likely N-dealkylation sites (tertiary alicyclic amines) is 1. The Hall–Kier alpha value is -1.14. The van der Waals surface area contributed by atoms with Crippen molar-refractivity contribution < 1.29 is 0 Å². The van der Waals surface area contributed by atoms with Crippen LogP contribution in [0.3, 0.4) is 0 Å². The molecule has 1 saturated heterocycles. The fraction of sp³-hybridized carbons (Fsp3) is 0.778. The average molecular weight is 352 g/mol. The van der Waals surface area contributed by atoms with E-state index >= 15 is 0 Å². The van der Waals surface area contributed by atoms with Gasteiger partial charge in [0.05, 0.1) is 11.6 Å². The Bertz CT molecular complexity index is 503. The van der Waals surface area contributed by atoms with E-state index in [1.54, 1.807) is 11.3 Å². The van der Waals surface area contributed by atoms with Crippen molar-refractivity contribution in [1.82, 2.24) is 20.5 Å². The highest BCUT2D eigenvalue weighted by atomic mass is 32.1. The summed E-state index contributed by atoms with van der Waals surface area (Å²) in [5, 5.41) is 8.03. The van der Waals surface area contributed by atoms with Gasteiger partial charge in [0.15, 0.2) is 5.96 Å². The second-order valence-corrected chi connectivity index (χ2v) is 8.23. The molecule has 0 amide bonds. The van der Waals surface area contributed by atoms with Gasteiger partial charge in [0.2, 0.25) is 0 Å². The van der Waals surface area contributed by atoms with E-state index in [1.165, 1.54) is 43.6 Å². The molecule has 6 heteroatoms. The molecule has 1 aromatic heterocycles. The highest BCUT2D eigenvalue weighted by Gasteiger charge is 2.22. The quantitative estimate of drug-likeness (QED) is 0.611. The second kappa shape index (κ2) is 9.99. The minimum atomic E-state index is 0.562. The number of aryl methyl sites for hydroxylation is 1. The number of thiazole rings is 1. The summed E-state index contributed by atoms with van der Waals surface area (Å²) in [5.74, 6) is 1.51. The van der Waals surface area contributed by atoms with Crippen LogP contribution >= 0.6 is 11.3 Å². The van der Waals surface area contributed by atoms with Crippen molar-refractivity contribution in [3.05, 3.63) is 16.1 Å². The predicted octanol–water partition coefficient (Wildman–Crippen LogP) is 3.02. The van der Waals surface area contributed by atoms with Crippen LogP contribution in [0.2, 0.25) is 0 Å². The molecule has 0 spiro atoms. The fourth-order valence-corrected chi connectivity index (χ4v) is 4.03. The Balaban J connectivity index is 1.84. The van der Waals surface area contributed by atoms with E-state index in [0.717, 1.165) is 24.1 Å². The van der Waals surface area contributed by atoms with E-state index in [2.05, 4.69) is 39.4 Å². The molecule has 5 nitrogen and oxygen atoms in total. The first kappa shape index (κ1) is 19.2. The van der Waals surface area contributed by atoms with Crippen LogP contribution < -0.4 is 10.6 Å². The molecule has 0 aromatic carbocycles. The summed E-state index contributed by atoms with van der Waals surface area (Å²) in [6, 6.07) is 0.562. The monoisotopic (exact) mass is 351 g/mol. The zero-order chi connectivity index (χ0) is 17.4. The highest BCUT2D eigenvalue weighted by molar-refractivity contribution is 7.11. The minimum absolute atomic E-state index is 0.562. The molecule has 136 valence electrons. The minimum Gasteiger partial charge on any atom is -0.355 e. The lowest BCUT2D eigenvalue weighted by Crippen LogP contribution is -2.49. The molecule has 2 N–H and O–H groups in total. The maximum atomic E-state index is 4.36. The molecule has 1 atom stereocenters. The van der Waals surface area contributed by atoms with Crippen molar-refractivity contribution in [2.24, 2.45) is 10.9 Å². The Morgan fingerprint density at radius 2 is 1.96 bits per heavy atom. The zero-order valence-electron chi connectivity index (χ0n) is 15.6. The van der Waals surface area contributed by atoms with E-state index < -0.39 is 0 Å². The Kier molecular flexibility index (Phi) is 7.99. The summed E-state index contributed by atoms with van der Waals surface area (Å²) < 4.78 is 0. The van der Waals surface area contributed by atoms with Crippen LogP contribution in [-0.2, 0) is 6.54 Å². The predicted molar refractivity (Wildman–Crippen MR) is 104 cm³/mol. The number of hydrogen-bond donors (Lipinski definition) is 2. The molecule has 0 bridgehead atoms. The van der Waals surface area contributed by atoms with Crippen molar-refractivity contribution >= 4 is 17.3 Å². The van der Waals surface area contributed by atoms with Crippen LogP contribution in [0.15, 0.2) is 11.2 Å². The summed E-state index contributed by atoms with van der Waals surface area (Å²) in [4.78, 5) is 12.6. The molecule has 1 aromatic rings. The lowest BCUT2D eigenvalue weighted by atomic mass is 10.0. The van der Waals surface area contributed by atoms with E-state index in [-0.39, 0.29) is 0 Å². The Labute approximate surface area is 151 Å². The normalized spacial score (nSPS) is 18.5. The molecule has 24 heavy (non-hydrogen) atoms. The molecule has 1 aliphatic rings. The Morgan fingerprint density at radius 1 is 1.25 bits per heavy atom. The third kappa shape index (κ3) is 6.06. The van der Waals surface area contributed by atoms with Gasteiger partial charge in [0.1, 0.15) is 0 Å². The zero-order valence-corrected chi connectivity index (χ0v) is 16.5. The van der Waals surface area contributed by atoms with Gasteiger partial charge in [0.25, 0.3) is 0 Å². The topological polar surface area (TPSA) is 52.6 Å². The number of nitrogens with one attached hydrogen (secondary N) is 2. The fourth-order valence-electron chi connectivity index (χ4n) is 3.29. The van der Waals surface area contributed by atoms with Gasteiger partial charge in [-0.25, -0.2) is 4.98 Å². The average Bonchev–Trinajstić information content (AvgIpc) is 2.81. The van der Waals surface area contributed by atoms with Crippen LogP contribution in [0.4, 0.5) is 0 Å². The van der Waals surface area contributed by atoms with E-state index in [0.29, 0.717) is 12.0 Å². The number of aromatic nitrogens is 1. The molecule has 0 saturated carbocycles. The molecule has 1 aliphatic heterocycles. The van der Waals surface area contributed by atoms with Crippen molar-refractivity contribution in [2.75, 3.05) is 26.7 Å². The summed E-state index contributed by atoms with van der Waals surface area (Å²) in [6.07, 6.45) is 7.37. The first-order valence-corrected chi connectivity index (χ1v) is 10.0. The van der Waals surface area contributed by atoms with Crippen LogP contribution in [0, 0.1) is 12.8 Å². The second-order valence-electron chi connectivity index (χ2n) is 6.91. The third-order valence-corrected chi connectivity index (χ3v) is 5.59. The van der Waals surface area contributed by atoms with Gasteiger partial charge in [0, 0.05) is 30.7 Å². The summed E-state index contributed by atoms with van der Waals surface area (Å²) in [6.45, 7) is 10.9. The lowest BCUT2D eigenvalue weighted by Gasteiger charge is -2.34. The van der Waals surface area contributed by atoms with Gasteiger partial charge in [-0.2, -0.15) is 0 Å². The molecule has 1 unspecified atom stereocenters. The lowest BCUT2D eigenvalue weighted by molar-refractivity contribution is 0.161. The van der Waals surface area contributed by atoms with Gasteiger partial charge in [-0.3, -0.25) is 9.89 Å². The number of rotatable bonds is 6. The van der Waals surface area contributed by atoms with Crippen LogP contribution in [-0.4, -0.2) is 48.6 Å². The van der Waals surface area contributed by atoms with Crippen molar-refractivity contribution in [2.45, 2.75) is 59.0 Å². The number of guanidine groups is 1. The smallest absolute Gasteiger partial charge is 0.191 e. The van der Waals surface area contributed by atoms with Crippen molar-refractivity contribution in [3.8, 4) is 0 Å². The van der Waals surface area contributed by atoms with E-state index in [9.17, 15) is 0 Å². The third-order valence-electron chi connectivity index (χ3n) is 4.68. The maximum absolute atomic E-state index is 4.36. The first-order valence-electron chi connectivity index (χ1n) is 9.20. The Morgan fingerprint density at radius 3 is 2.50 bits per heavy atom. The highest BCUT2D eigenvalue weighted by Crippen LogP contribution is 2.17. The summed E-state index contributed by atoms with van der Waals surface area (Å²) in [5.41, 5.74) is 0. The number of aliphatic imine (C=N–C) groups is 1. The molecule has 2 heterocycles. The maximum Gasteiger partial charge on any atom is 0.191 e. The van der Waals surface area contributed by atoms with Gasteiger partial charge in [-0.1, -0.05) is 26.7 Å². The molecule has 0 radical (unpaired) electrons. The largest absolute Gasteiger partial charge is 0.355 e. The molecular weight excluding hydrogens is 318 g/mol. The molecule has 2 rings (SSSR count). The van der Waals surface area contributed by atoms with Crippen molar-refractivity contribution in [1.29, 1.82) is 0 Å². The van der Waals surface area contributed by atoms with Gasteiger partial charge in [-0.05, 0) is 38.8 Å². The molecular formula is C18H33N5S. The summed E-state index contributed by atoms with van der Waals surface area (Å²) >= 11 is 1.73. The standard InChI is InChI=1S/C18H33N5S/c1-14(2)17(23-9-7-5-6-8-10-23)13-22-18(19-4)21-12-16-11-20-15(3)24-16/h11,14,17H,5-10,12-13H2,1-4H3,(H2,19,21,22).